The summed E-state index contributed by atoms with van der Waals surface area (Å²) in [6, 6.07) is 0. The molecule has 0 fully saturated rings. The summed E-state index contributed by atoms with van der Waals surface area (Å²) in [5.41, 5.74) is 0. The van der Waals surface area contributed by atoms with Gasteiger partial charge in [-0.2, -0.15) is 0 Å². The molecule has 0 amide bonds. The summed E-state index contributed by atoms with van der Waals surface area (Å²) in [4.78, 5) is 17.4. The van der Waals surface area contributed by atoms with Crippen molar-refractivity contribution in [3.63, 3.8) is 0 Å². The molecule has 42 valence electrons. The molecule has 0 saturated heterocycles. The second kappa shape index (κ2) is 17.2. The molecule has 0 aromatic heterocycles. The highest BCUT2D eigenvalue weighted by molar-refractivity contribution is 6.63. The molecule has 0 bridgehead atoms. The first-order valence-electron chi connectivity index (χ1n) is 1.63. The Bertz CT molecular complexity index is 39.9. The predicted molar refractivity (Wildman–Crippen MR) is 33.4 cm³/mol. The maximum atomic E-state index is 9.36. The Morgan fingerprint density at radius 1 is 1.71 bits per heavy atom. The quantitative estimate of drug-likeness (QED) is 0.308. The monoisotopic (exact) mass is 136 g/mol. The SMILES string of the molecule is C=O.O=C[SiH2]O[SiH3]. The van der Waals surface area contributed by atoms with Crippen LogP contribution in [0.3, 0.4) is 0 Å². The molecule has 3 nitrogen and oxygen atoms in total. The summed E-state index contributed by atoms with van der Waals surface area (Å²) in [6.45, 7) is 2.00. The second-order valence-electron chi connectivity index (χ2n) is 0.622. The average Bonchev–Trinajstić information content (AvgIpc) is 1.75. The fourth-order valence-corrected chi connectivity index (χ4v) is 0.612. The zero-order chi connectivity index (χ0) is 6.12. The van der Waals surface area contributed by atoms with E-state index in [1.165, 1.54) is 0 Å². The first-order valence-corrected chi connectivity index (χ1v) is 3.84. The Labute approximate surface area is 47.5 Å². The van der Waals surface area contributed by atoms with Gasteiger partial charge in [-0.15, -0.1) is 0 Å². The highest BCUT2D eigenvalue weighted by atomic mass is 28.3. The third-order valence-corrected chi connectivity index (χ3v) is 1.70. The number of rotatable bonds is 2. The molecule has 0 spiro atoms. The van der Waals surface area contributed by atoms with E-state index in [4.69, 9.17) is 4.79 Å². The van der Waals surface area contributed by atoms with Gasteiger partial charge in [0.15, 0.2) is 0 Å². The van der Waals surface area contributed by atoms with Crippen LogP contribution in [-0.4, -0.2) is 32.9 Å². The summed E-state index contributed by atoms with van der Waals surface area (Å²) in [7, 11) is 0.0424. The molecule has 0 aromatic carbocycles. The van der Waals surface area contributed by atoms with Crippen molar-refractivity contribution in [2.24, 2.45) is 0 Å². The smallest absolute Gasteiger partial charge is 0.217 e. The van der Waals surface area contributed by atoms with Gasteiger partial charge >= 0.3 is 0 Å². The highest BCUT2D eigenvalue weighted by Crippen LogP contribution is 1.42. The van der Waals surface area contributed by atoms with E-state index >= 15 is 0 Å². The fraction of sp³-hybridized carbons (Fsp3) is 0. The molecule has 0 aliphatic carbocycles. The normalized spacial score (nSPS) is 8.00. The Hall–Kier alpha value is -0.266. The molecule has 0 saturated carbocycles. The molecule has 0 aliphatic rings. The van der Waals surface area contributed by atoms with E-state index in [-0.39, 0.29) is 0 Å². The van der Waals surface area contributed by atoms with Crippen molar-refractivity contribution in [2.75, 3.05) is 0 Å². The van der Waals surface area contributed by atoms with Crippen LogP contribution in [0.5, 0.6) is 0 Å². The van der Waals surface area contributed by atoms with Crippen LogP contribution in [0.2, 0.25) is 0 Å². The van der Waals surface area contributed by atoms with Crippen molar-refractivity contribution in [2.45, 2.75) is 0 Å². The van der Waals surface area contributed by atoms with Gasteiger partial charge in [0.1, 0.15) is 23.2 Å². The molecular formula is C2H8O3Si2. The topological polar surface area (TPSA) is 43.4 Å². The molecule has 0 aromatic rings. The summed E-state index contributed by atoms with van der Waals surface area (Å²) in [5, 5.41) is 0. The van der Waals surface area contributed by atoms with Crippen molar-refractivity contribution in [3.8, 4) is 0 Å². The molecule has 0 atom stereocenters. The Balaban J connectivity index is 0. The molecule has 0 N–H and O–H groups in total. The van der Waals surface area contributed by atoms with E-state index in [1.807, 2.05) is 6.79 Å². The second-order valence-corrected chi connectivity index (χ2v) is 3.60. The third-order valence-electron chi connectivity index (χ3n) is 0.235. The van der Waals surface area contributed by atoms with E-state index in [1.54, 1.807) is 0 Å². The molecule has 0 heterocycles. The van der Waals surface area contributed by atoms with Gasteiger partial charge in [-0.05, 0) is 0 Å². The number of hydrogen-bond donors (Lipinski definition) is 0. The van der Waals surface area contributed by atoms with E-state index < -0.39 is 9.76 Å². The molecule has 0 aliphatic heterocycles. The van der Waals surface area contributed by atoms with Gasteiger partial charge in [-0.1, -0.05) is 0 Å². The molecule has 5 heteroatoms. The van der Waals surface area contributed by atoms with Crippen molar-refractivity contribution < 1.29 is 13.7 Å². The largest absolute Gasteiger partial charge is 0.463 e. The van der Waals surface area contributed by atoms with Gasteiger partial charge < -0.3 is 13.7 Å². The van der Waals surface area contributed by atoms with E-state index in [2.05, 4.69) is 4.12 Å². The first-order chi connectivity index (χ1) is 3.41. The lowest BCUT2D eigenvalue weighted by atomic mass is 11.8. The lowest BCUT2D eigenvalue weighted by Gasteiger charge is -1.75. The first kappa shape index (κ1) is 9.88. The maximum Gasteiger partial charge on any atom is 0.217 e. The minimum atomic E-state index is -0.687. The van der Waals surface area contributed by atoms with Crippen molar-refractivity contribution in [1.82, 2.24) is 0 Å². The molecule has 7 heavy (non-hydrogen) atoms. The summed E-state index contributed by atoms with van der Waals surface area (Å²) >= 11 is 0. The van der Waals surface area contributed by atoms with Crippen LogP contribution in [0.15, 0.2) is 0 Å². The summed E-state index contributed by atoms with van der Waals surface area (Å²) in [6.07, 6.45) is 0. The van der Waals surface area contributed by atoms with Gasteiger partial charge in [0.05, 0.1) is 0 Å². The van der Waals surface area contributed by atoms with Crippen LogP contribution >= 0.6 is 0 Å². The van der Waals surface area contributed by atoms with Crippen molar-refractivity contribution >= 4 is 32.9 Å². The average molecular weight is 136 g/mol. The highest BCUT2D eigenvalue weighted by Gasteiger charge is 1.67. The number of carbonyl (C=O) groups is 2. The van der Waals surface area contributed by atoms with E-state index in [0.717, 1.165) is 16.4 Å². The zero-order valence-electron chi connectivity index (χ0n) is 4.22. The lowest BCUT2D eigenvalue weighted by molar-refractivity contribution is -0.0979. The van der Waals surface area contributed by atoms with Crippen LogP contribution < -0.4 is 0 Å². The molecule has 0 rings (SSSR count). The van der Waals surface area contributed by atoms with E-state index in [9.17, 15) is 4.79 Å². The summed E-state index contributed by atoms with van der Waals surface area (Å²) < 4.78 is 4.60. The van der Waals surface area contributed by atoms with Gasteiger partial charge in [0, 0.05) is 0 Å². The minimum absolute atomic E-state index is 0.687. The standard InChI is InChI=1S/CH6O2Si2.CH2O/c2-1-5-3-4;1-2/h1H,5H2,4H3;1H2. The molecule has 0 radical (unpaired) electrons. The third kappa shape index (κ3) is 26.6. The van der Waals surface area contributed by atoms with Gasteiger partial charge in [0.25, 0.3) is 0 Å². The zero-order valence-corrected chi connectivity index (χ0v) is 7.63. The Morgan fingerprint density at radius 3 is 2.14 bits per heavy atom. The van der Waals surface area contributed by atoms with Gasteiger partial charge in [-0.3, -0.25) is 0 Å². The Morgan fingerprint density at radius 2 is 2.14 bits per heavy atom. The van der Waals surface area contributed by atoms with Crippen LogP contribution in [-0.2, 0) is 13.7 Å². The molecular weight excluding hydrogens is 128 g/mol. The van der Waals surface area contributed by atoms with Crippen LogP contribution in [0.1, 0.15) is 0 Å². The minimum Gasteiger partial charge on any atom is -0.463 e. The lowest BCUT2D eigenvalue weighted by Crippen LogP contribution is -1.93. The van der Waals surface area contributed by atoms with Gasteiger partial charge in [-0.25, -0.2) is 0 Å². The Kier molecular flexibility index (Phi) is 24.3. The molecule has 0 unspecified atom stereocenters. The van der Waals surface area contributed by atoms with Gasteiger partial charge in [0.2, 0.25) is 9.76 Å². The van der Waals surface area contributed by atoms with Crippen molar-refractivity contribution in [1.29, 1.82) is 0 Å². The number of carbonyl (C=O) groups excluding carboxylic acids is 2. The maximum absolute atomic E-state index is 9.36. The summed E-state index contributed by atoms with van der Waals surface area (Å²) in [5.74, 6) is 0.882. The fourth-order valence-electron chi connectivity index (χ4n) is 0.0680. The van der Waals surface area contributed by atoms with E-state index in [0.29, 0.717) is 0 Å². The van der Waals surface area contributed by atoms with Crippen molar-refractivity contribution in [3.05, 3.63) is 0 Å². The van der Waals surface area contributed by atoms with Crippen LogP contribution in [0, 0.1) is 0 Å². The predicted octanol–water partition coefficient (Wildman–Crippen LogP) is -2.63. The number of hydrogen-bond acceptors (Lipinski definition) is 3. The van der Waals surface area contributed by atoms with Crippen LogP contribution in [0.25, 0.3) is 0 Å². The van der Waals surface area contributed by atoms with Crippen LogP contribution in [0.4, 0.5) is 0 Å².